The van der Waals surface area contributed by atoms with Crippen LogP contribution in [0.2, 0.25) is 0 Å². The quantitative estimate of drug-likeness (QED) is 0.726. The van der Waals surface area contributed by atoms with Crippen molar-refractivity contribution in [2.24, 2.45) is 0 Å². The topological polar surface area (TPSA) is 101 Å². The summed E-state index contributed by atoms with van der Waals surface area (Å²) >= 11 is 3.54. The molecule has 94 valence electrons. The monoisotopic (exact) mass is 267 g/mol. The van der Waals surface area contributed by atoms with E-state index < -0.39 is 17.0 Å². The fourth-order valence-electron chi connectivity index (χ4n) is 1.56. The SMILES string of the molecule is O=C(S)CC(C(=O)O)c1nc2cccc(O)c2o1. The minimum absolute atomic E-state index is 0.102. The van der Waals surface area contributed by atoms with Crippen LogP contribution < -0.4 is 0 Å². The van der Waals surface area contributed by atoms with E-state index in [1.807, 2.05) is 0 Å². The van der Waals surface area contributed by atoms with E-state index in [0.29, 0.717) is 5.52 Å². The Morgan fingerprint density at radius 3 is 2.72 bits per heavy atom. The number of carbonyl (C=O) groups is 2. The predicted octanol–water partition coefficient (Wildman–Crippen LogP) is 1.55. The summed E-state index contributed by atoms with van der Waals surface area (Å²) in [6, 6.07) is 4.53. The third-order valence-electron chi connectivity index (χ3n) is 2.39. The lowest BCUT2D eigenvalue weighted by molar-refractivity contribution is -0.140. The molecule has 0 saturated carbocycles. The molecule has 1 heterocycles. The molecule has 18 heavy (non-hydrogen) atoms. The van der Waals surface area contributed by atoms with E-state index in [1.54, 1.807) is 12.1 Å². The van der Waals surface area contributed by atoms with E-state index in [4.69, 9.17) is 9.52 Å². The number of carboxylic acid groups (broad SMARTS) is 1. The number of rotatable bonds is 4. The van der Waals surface area contributed by atoms with E-state index >= 15 is 0 Å². The van der Waals surface area contributed by atoms with Crippen LogP contribution in [0.15, 0.2) is 22.6 Å². The number of hydrogen-bond donors (Lipinski definition) is 3. The lowest BCUT2D eigenvalue weighted by atomic mass is 10.1. The summed E-state index contributed by atoms with van der Waals surface area (Å²) in [5.41, 5.74) is 0.438. The molecule has 2 rings (SSSR count). The van der Waals surface area contributed by atoms with E-state index in [1.165, 1.54) is 6.07 Å². The van der Waals surface area contributed by atoms with Crippen molar-refractivity contribution < 1.29 is 24.2 Å². The number of carboxylic acids is 1. The van der Waals surface area contributed by atoms with Gasteiger partial charge in [-0.25, -0.2) is 4.98 Å². The highest BCUT2D eigenvalue weighted by molar-refractivity contribution is 7.96. The molecule has 1 aromatic carbocycles. The maximum absolute atomic E-state index is 11.0. The molecule has 0 amide bonds. The fourth-order valence-corrected chi connectivity index (χ4v) is 1.74. The van der Waals surface area contributed by atoms with Crippen LogP contribution in [0.5, 0.6) is 5.75 Å². The number of nitrogens with zero attached hydrogens (tertiary/aromatic N) is 1. The second kappa shape index (κ2) is 4.69. The summed E-state index contributed by atoms with van der Waals surface area (Å²) in [7, 11) is 0. The van der Waals surface area contributed by atoms with Crippen LogP contribution in [0.1, 0.15) is 18.2 Å². The summed E-state index contributed by atoms with van der Waals surface area (Å²) in [4.78, 5) is 25.9. The molecule has 0 radical (unpaired) electrons. The van der Waals surface area contributed by atoms with Gasteiger partial charge < -0.3 is 14.6 Å². The van der Waals surface area contributed by atoms with Crippen molar-refractivity contribution >= 4 is 34.8 Å². The zero-order valence-corrected chi connectivity index (χ0v) is 9.92. The van der Waals surface area contributed by atoms with Gasteiger partial charge >= 0.3 is 5.97 Å². The van der Waals surface area contributed by atoms with E-state index in [-0.39, 0.29) is 23.6 Å². The molecular weight excluding hydrogens is 258 g/mol. The summed E-state index contributed by atoms with van der Waals surface area (Å²) in [6.45, 7) is 0. The van der Waals surface area contributed by atoms with Crippen molar-refractivity contribution in [1.82, 2.24) is 4.98 Å². The maximum atomic E-state index is 11.0. The Morgan fingerprint density at radius 1 is 1.44 bits per heavy atom. The van der Waals surface area contributed by atoms with Gasteiger partial charge in [0, 0.05) is 6.42 Å². The van der Waals surface area contributed by atoms with Crippen molar-refractivity contribution in [3.63, 3.8) is 0 Å². The number of hydrogen-bond acceptors (Lipinski definition) is 5. The third-order valence-corrected chi connectivity index (χ3v) is 2.57. The number of oxazole rings is 1. The van der Waals surface area contributed by atoms with Crippen LogP contribution >= 0.6 is 12.6 Å². The Kier molecular flexibility index (Phi) is 3.24. The number of fused-ring (bicyclic) bond motifs is 1. The lowest BCUT2D eigenvalue weighted by Crippen LogP contribution is -2.14. The second-order valence-electron chi connectivity index (χ2n) is 3.67. The van der Waals surface area contributed by atoms with E-state index in [0.717, 1.165) is 0 Å². The molecule has 6 nitrogen and oxygen atoms in total. The molecule has 0 aliphatic heterocycles. The Hall–Kier alpha value is -2.02. The molecule has 1 atom stereocenters. The minimum Gasteiger partial charge on any atom is -0.504 e. The first kappa shape index (κ1) is 12.4. The van der Waals surface area contributed by atoms with Crippen LogP contribution in [0.4, 0.5) is 0 Å². The highest BCUT2D eigenvalue weighted by Crippen LogP contribution is 2.29. The average molecular weight is 267 g/mol. The van der Waals surface area contributed by atoms with Gasteiger partial charge in [-0.15, -0.1) is 12.6 Å². The summed E-state index contributed by atoms with van der Waals surface area (Å²) in [5.74, 6) is -2.70. The summed E-state index contributed by atoms with van der Waals surface area (Å²) < 4.78 is 5.20. The zero-order valence-electron chi connectivity index (χ0n) is 9.03. The van der Waals surface area contributed by atoms with Gasteiger partial charge in [0.1, 0.15) is 11.4 Å². The number of benzene rings is 1. The number of aliphatic carboxylic acids is 1. The van der Waals surface area contributed by atoms with Gasteiger partial charge in [-0.3, -0.25) is 9.59 Å². The van der Waals surface area contributed by atoms with Crippen LogP contribution in [-0.2, 0) is 9.59 Å². The molecule has 0 bridgehead atoms. The first-order chi connectivity index (χ1) is 8.49. The number of carbonyl (C=O) groups excluding carboxylic acids is 1. The number of aromatic hydroxyl groups is 1. The molecule has 7 heteroatoms. The van der Waals surface area contributed by atoms with Crippen molar-refractivity contribution in [2.75, 3.05) is 0 Å². The van der Waals surface area contributed by atoms with Gasteiger partial charge in [0.2, 0.25) is 5.89 Å². The van der Waals surface area contributed by atoms with Gasteiger partial charge in [-0.05, 0) is 12.1 Å². The number of phenolic OH excluding ortho intramolecular Hbond substituents is 1. The van der Waals surface area contributed by atoms with Gasteiger partial charge in [-0.1, -0.05) is 6.07 Å². The van der Waals surface area contributed by atoms with Gasteiger partial charge in [0.25, 0.3) is 0 Å². The maximum Gasteiger partial charge on any atom is 0.316 e. The van der Waals surface area contributed by atoms with Crippen molar-refractivity contribution in [3.05, 3.63) is 24.1 Å². The van der Waals surface area contributed by atoms with Crippen LogP contribution in [0, 0.1) is 0 Å². The van der Waals surface area contributed by atoms with Gasteiger partial charge in [0.05, 0.1) is 0 Å². The highest BCUT2D eigenvalue weighted by atomic mass is 32.1. The van der Waals surface area contributed by atoms with E-state index in [9.17, 15) is 14.7 Å². The smallest absolute Gasteiger partial charge is 0.316 e. The Labute approximate surface area is 107 Å². The van der Waals surface area contributed by atoms with Crippen LogP contribution in [0.3, 0.4) is 0 Å². The summed E-state index contributed by atoms with van der Waals surface area (Å²) in [5, 5.41) is 18.0. The average Bonchev–Trinajstić information content (AvgIpc) is 2.70. The Morgan fingerprint density at radius 2 is 2.17 bits per heavy atom. The minimum atomic E-state index is -1.23. The molecule has 1 aromatic heterocycles. The standard InChI is InChI=1S/C11H9NO5S/c13-7-3-1-2-6-9(7)17-10(12-6)5(11(15)16)4-8(14)18/h1-3,5,13H,4H2,(H,14,18)(H,15,16). The molecule has 2 aromatic rings. The number of para-hydroxylation sites is 1. The Bertz CT molecular complexity index is 621. The molecule has 0 saturated heterocycles. The van der Waals surface area contributed by atoms with Crippen molar-refractivity contribution in [2.45, 2.75) is 12.3 Å². The lowest BCUT2D eigenvalue weighted by Gasteiger charge is -2.04. The molecule has 1 unspecified atom stereocenters. The molecule has 0 spiro atoms. The Balaban J connectivity index is 2.48. The predicted molar refractivity (Wildman–Crippen MR) is 64.7 cm³/mol. The molecular formula is C11H9NO5S. The van der Waals surface area contributed by atoms with Gasteiger partial charge in [-0.2, -0.15) is 0 Å². The third kappa shape index (κ3) is 2.30. The van der Waals surface area contributed by atoms with Gasteiger partial charge in [0.15, 0.2) is 16.4 Å². The molecule has 0 aliphatic rings. The molecule has 0 fully saturated rings. The van der Waals surface area contributed by atoms with Crippen LogP contribution in [0.25, 0.3) is 11.1 Å². The number of phenols is 1. The largest absolute Gasteiger partial charge is 0.504 e. The fraction of sp³-hybridized carbons (Fsp3) is 0.182. The van der Waals surface area contributed by atoms with Crippen LogP contribution in [-0.4, -0.2) is 26.3 Å². The molecule has 0 aliphatic carbocycles. The van der Waals surface area contributed by atoms with Crippen molar-refractivity contribution in [3.8, 4) is 5.75 Å². The first-order valence-corrected chi connectivity index (χ1v) is 5.46. The second-order valence-corrected chi connectivity index (χ2v) is 4.16. The first-order valence-electron chi connectivity index (χ1n) is 5.02. The number of aromatic nitrogens is 1. The number of thiol groups is 1. The molecule has 2 N–H and O–H groups in total. The van der Waals surface area contributed by atoms with Crippen molar-refractivity contribution in [1.29, 1.82) is 0 Å². The van der Waals surface area contributed by atoms with E-state index in [2.05, 4.69) is 17.6 Å². The highest BCUT2D eigenvalue weighted by Gasteiger charge is 2.28. The summed E-state index contributed by atoms with van der Waals surface area (Å²) in [6.07, 6.45) is -0.327. The zero-order chi connectivity index (χ0) is 13.3. The normalized spacial score (nSPS) is 12.5.